The summed E-state index contributed by atoms with van der Waals surface area (Å²) in [5.41, 5.74) is 1.02. The van der Waals surface area contributed by atoms with Crippen molar-refractivity contribution in [1.82, 2.24) is 20.1 Å². The highest BCUT2D eigenvalue weighted by Crippen LogP contribution is 2.28. The van der Waals surface area contributed by atoms with Gasteiger partial charge in [0.2, 0.25) is 0 Å². The van der Waals surface area contributed by atoms with Crippen LogP contribution < -0.4 is 0 Å². The summed E-state index contributed by atoms with van der Waals surface area (Å²) in [5, 5.41) is 9.37. The molecule has 6 heteroatoms. The minimum atomic E-state index is 0.144. The van der Waals surface area contributed by atoms with Crippen molar-refractivity contribution in [3.8, 4) is 11.4 Å². The van der Waals surface area contributed by atoms with Crippen molar-refractivity contribution in [3.63, 3.8) is 0 Å². The molecule has 2 aromatic heterocycles. The van der Waals surface area contributed by atoms with Crippen LogP contribution in [0.25, 0.3) is 11.4 Å². The van der Waals surface area contributed by atoms with Crippen LogP contribution in [-0.4, -0.2) is 39.1 Å². The smallest absolute Gasteiger partial charge is 0.263 e. The van der Waals surface area contributed by atoms with Crippen LogP contribution >= 0.6 is 11.3 Å². The Labute approximate surface area is 144 Å². The number of aromatic amines is 1. The summed E-state index contributed by atoms with van der Waals surface area (Å²) in [5.74, 6) is 2.15. The molecule has 1 N–H and O–H groups in total. The molecular formula is C18H18N4OS. The van der Waals surface area contributed by atoms with Crippen LogP contribution in [0.2, 0.25) is 0 Å². The number of amides is 1. The minimum absolute atomic E-state index is 0.144. The van der Waals surface area contributed by atoms with Gasteiger partial charge >= 0.3 is 0 Å². The average Bonchev–Trinajstić information content (AvgIpc) is 3.34. The van der Waals surface area contributed by atoms with E-state index in [4.69, 9.17) is 0 Å². The van der Waals surface area contributed by atoms with E-state index >= 15 is 0 Å². The topological polar surface area (TPSA) is 61.9 Å². The first-order chi connectivity index (χ1) is 11.8. The number of aromatic nitrogens is 3. The molecule has 1 amide bonds. The van der Waals surface area contributed by atoms with Crippen molar-refractivity contribution in [2.24, 2.45) is 0 Å². The van der Waals surface area contributed by atoms with E-state index in [2.05, 4.69) is 15.2 Å². The van der Waals surface area contributed by atoms with E-state index in [0.717, 1.165) is 48.0 Å². The number of carbonyl (C=O) groups is 1. The Kier molecular flexibility index (Phi) is 4.13. The zero-order valence-corrected chi connectivity index (χ0v) is 14.0. The molecule has 5 nitrogen and oxygen atoms in total. The van der Waals surface area contributed by atoms with E-state index in [1.807, 2.05) is 52.7 Å². The molecule has 1 fully saturated rings. The van der Waals surface area contributed by atoms with E-state index in [9.17, 15) is 4.79 Å². The van der Waals surface area contributed by atoms with Crippen LogP contribution in [0.5, 0.6) is 0 Å². The van der Waals surface area contributed by atoms with Gasteiger partial charge < -0.3 is 4.90 Å². The Bertz CT molecular complexity index is 805. The molecule has 0 radical (unpaired) electrons. The van der Waals surface area contributed by atoms with Crippen molar-refractivity contribution in [1.29, 1.82) is 0 Å². The normalized spacial score (nSPS) is 15.6. The maximum absolute atomic E-state index is 12.4. The van der Waals surface area contributed by atoms with Gasteiger partial charge in [0.15, 0.2) is 5.82 Å². The van der Waals surface area contributed by atoms with Crippen LogP contribution in [0, 0.1) is 0 Å². The number of hydrogen-bond acceptors (Lipinski definition) is 4. The third kappa shape index (κ3) is 2.97. The molecule has 1 aliphatic heterocycles. The molecule has 1 saturated heterocycles. The van der Waals surface area contributed by atoms with Gasteiger partial charge in [-0.05, 0) is 24.3 Å². The average molecular weight is 338 g/mol. The lowest BCUT2D eigenvalue weighted by Gasteiger charge is -2.30. The van der Waals surface area contributed by atoms with Crippen molar-refractivity contribution < 1.29 is 4.79 Å². The summed E-state index contributed by atoms with van der Waals surface area (Å²) in [6.45, 7) is 1.53. The second-order valence-corrected chi connectivity index (χ2v) is 6.90. The number of benzene rings is 1. The number of H-pyrrole nitrogens is 1. The van der Waals surface area contributed by atoms with Gasteiger partial charge in [-0.2, -0.15) is 5.10 Å². The fourth-order valence-corrected chi connectivity index (χ4v) is 3.78. The number of hydrogen-bond donors (Lipinski definition) is 1. The summed E-state index contributed by atoms with van der Waals surface area (Å²) in [6.07, 6.45) is 1.83. The highest BCUT2D eigenvalue weighted by atomic mass is 32.1. The number of nitrogens with zero attached hydrogens (tertiary/aromatic N) is 3. The molecule has 1 aromatic carbocycles. The summed E-state index contributed by atoms with van der Waals surface area (Å²) in [7, 11) is 0. The molecule has 0 unspecified atom stereocenters. The number of thiophene rings is 1. The fraction of sp³-hybridized carbons (Fsp3) is 0.278. The van der Waals surface area contributed by atoms with Gasteiger partial charge in [-0.15, -0.1) is 11.3 Å². The maximum Gasteiger partial charge on any atom is 0.263 e. The fourth-order valence-electron chi connectivity index (χ4n) is 3.09. The number of nitrogens with one attached hydrogen (secondary N) is 1. The number of piperidine rings is 1. The third-order valence-corrected chi connectivity index (χ3v) is 5.29. The predicted molar refractivity (Wildman–Crippen MR) is 94.0 cm³/mol. The van der Waals surface area contributed by atoms with Crippen LogP contribution in [-0.2, 0) is 0 Å². The van der Waals surface area contributed by atoms with E-state index < -0.39 is 0 Å². The number of carbonyl (C=O) groups excluding carboxylic acids is 1. The molecule has 0 saturated carbocycles. The lowest BCUT2D eigenvalue weighted by molar-refractivity contribution is 0.0716. The van der Waals surface area contributed by atoms with Crippen LogP contribution in [0.15, 0.2) is 47.8 Å². The number of rotatable bonds is 3. The zero-order chi connectivity index (χ0) is 16.4. The van der Waals surface area contributed by atoms with Gasteiger partial charge in [0.05, 0.1) is 4.88 Å². The molecule has 4 rings (SSSR count). The largest absolute Gasteiger partial charge is 0.338 e. The first kappa shape index (κ1) is 15.1. The van der Waals surface area contributed by atoms with E-state index in [1.54, 1.807) is 0 Å². The van der Waals surface area contributed by atoms with Crippen molar-refractivity contribution in [2.75, 3.05) is 13.1 Å². The SMILES string of the molecule is O=C(c1cccs1)N1CCC(c2nc(-c3ccccc3)n[nH]2)CC1. The summed E-state index contributed by atoms with van der Waals surface area (Å²) < 4.78 is 0. The summed E-state index contributed by atoms with van der Waals surface area (Å²) >= 11 is 1.50. The molecule has 0 atom stereocenters. The molecule has 24 heavy (non-hydrogen) atoms. The Morgan fingerprint density at radius 2 is 1.92 bits per heavy atom. The summed E-state index contributed by atoms with van der Waals surface area (Å²) in [4.78, 5) is 19.8. The molecule has 3 heterocycles. The second kappa shape index (κ2) is 6.57. The minimum Gasteiger partial charge on any atom is -0.338 e. The zero-order valence-electron chi connectivity index (χ0n) is 13.2. The Balaban J connectivity index is 1.41. The van der Waals surface area contributed by atoms with E-state index in [0.29, 0.717) is 5.92 Å². The van der Waals surface area contributed by atoms with Gasteiger partial charge in [-0.3, -0.25) is 9.89 Å². The van der Waals surface area contributed by atoms with Crippen LogP contribution in [0.4, 0.5) is 0 Å². The quantitative estimate of drug-likeness (QED) is 0.794. The van der Waals surface area contributed by atoms with Gasteiger partial charge in [0.1, 0.15) is 5.82 Å². The highest BCUT2D eigenvalue weighted by molar-refractivity contribution is 7.12. The van der Waals surface area contributed by atoms with Gasteiger partial charge in [0, 0.05) is 24.6 Å². The van der Waals surface area contributed by atoms with Gasteiger partial charge in [0.25, 0.3) is 5.91 Å². The molecule has 122 valence electrons. The molecule has 1 aliphatic rings. The Morgan fingerprint density at radius 3 is 2.62 bits per heavy atom. The van der Waals surface area contributed by atoms with Crippen LogP contribution in [0.1, 0.15) is 34.3 Å². The molecule has 0 bridgehead atoms. The second-order valence-electron chi connectivity index (χ2n) is 5.95. The van der Waals surface area contributed by atoms with Gasteiger partial charge in [-0.25, -0.2) is 4.98 Å². The lowest BCUT2D eigenvalue weighted by Crippen LogP contribution is -2.37. The van der Waals surface area contributed by atoms with Gasteiger partial charge in [-0.1, -0.05) is 36.4 Å². The highest BCUT2D eigenvalue weighted by Gasteiger charge is 2.27. The molecular weight excluding hydrogens is 320 g/mol. The van der Waals surface area contributed by atoms with Crippen LogP contribution in [0.3, 0.4) is 0 Å². The predicted octanol–water partition coefficient (Wildman–Crippen LogP) is 3.55. The van der Waals surface area contributed by atoms with E-state index in [-0.39, 0.29) is 5.91 Å². The van der Waals surface area contributed by atoms with Crippen molar-refractivity contribution >= 4 is 17.2 Å². The Hall–Kier alpha value is -2.47. The maximum atomic E-state index is 12.4. The lowest BCUT2D eigenvalue weighted by atomic mass is 9.96. The Morgan fingerprint density at radius 1 is 1.12 bits per heavy atom. The first-order valence-electron chi connectivity index (χ1n) is 8.12. The van der Waals surface area contributed by atoms with Crippen molar-refractivity contribution in [3.05, 3.63) is 58.5 Å². The molecule has 3 aromatic rings. The number of likely N-dealkylation sites (tertiary alicyclic amines) is 1. The summed E-state index contributed by atoms with van der Waals surface area (Å²) in [6, 6.07) is 13.8. The standard InChI is InChI=1S/C18H18N4OS/c23-18(15-7-4-12-24-15)22-10-8-14(9-11-22)17-19-16(20-21-17)13-5-2-1-3-6-13/h1-7,12,14H,8-11H2,(H,19,20,21). The van der Waals surface area contributed by atoms with E-state index in [1.165, 1.54) is 11.3 Å². The monoisotopic (exact) mass is 338 g/mol. The van der Waals surface area contributed by atoms with Crippen molar-refractivity contribution in [2.45, 2.75) is 18.8 Å². The third-order valence-electron chi connectivity index (χ3n) is 4.44. The first-order valence-corrected chi connectivity index (χ1v) is 9.00. The molecule has 0 spiro atoms. The molecule has 0 aliphatic carbocycles.